The average molecular weight is 309 g/mol. The molecular weight excluding hydrogens is 290 g/mol. The SMILES string of the molecule is CC.Nc1cc2cc(CNC(=O)c3ccncn3)ccc2cn1. The smallest absolute Gasteiger partial charge is 0.270 e. The number of fused-ring (bicyclic) bond motifs is 1. The molecule has 0 aliphatic rings. The summed E-state index contributed by atoms with van der Waals surface area (Å²) in [6.45, 7) is 4.42. The molecule has 3 rings (SSSR count). The molecule has 0 fully saturated rings. The van der Waals surface area contributed by atoms with Crippen molar-refractivity contribution in [2.45, 2.75) is 20.4 Å². The molecule has 1 aromatic carbocycles. The van der Waals surface area contributed by atoms with Gasteiger partial charge in [-0.3, -0.25) is 4.79 Å². The van der Waals surface area contributed by atoms with Gasteiger partial charge in [0.25, 0.3) is 5.91 Å². The van der Waals surface area contributed by atoms with Gasteiger partial charge in [-0.15, -0.1) is 0 Å². The maximum atomic E-state index is 11.9. The number of nitrogens with zero attached hydrogens (tertiary/aromatic N) is 3. The Morgan fingerprint density at radius 1 is 1.13 bits per heavy atom. The number of amides is 1. The number of nitrogens with two attached hydrogens (primary N) is 1. The molecule has 0 saturated carbocycles. The Morgan fingerprint density at radius 2 is 1.96 bits per heavy atom. The molecule has 3 aromatic rings. The number of benzene rings is 1. The van der Waals surface area contributed by atoms with Crippen LogP contribution in [0.1, 0.15) is 29.9 Å². The first-order valence-corrected chi connectivity index (χ1v) is 7.41. The Labute approximate surface area is 134 Å². The number of rotatable bonds is 3. The minimum Gasteiger partial charge on any atom is -0.384 e. The predicted molar refractivity (Wildman–Crippen MR) is 90.7 cm³/mol. The second kappa shape index (κ2) is 7.84. The summed E-state index contributed by atoms with van der Waals surface area (Å²) in [5.74, 6) is 0.247. The molecule has 6 heteroatoms. The van der Waals surface area contributed by atoms with Crippen molar-refractivity contribution in [2.75, 3.05) is 5.73 Å². The number of hydrogen-bond acceptors (Lipinski definition) is 5. The van der Waals surface area contributed by atoms with Gasteiger partial charge in [0.1, 0.15) is 17.8 Å². The van der Waals surface area contributed by atoms with E-state index in [1.54, 1.807) is 12.3 Å². The van der Waals surface area contributed by atoms with E-state index in [0.717, 1.165) is 16.3 Å². The third-order valence-electron chi connectivity index (χ3n) is 3.07. The third kappa shape index (κ3) is 4.23. The number of nitrogens with one attached hydrogen (secondary N) is 1. The second-order valence-corrected chi connectivity index (χ2v) is 4.57. The number of carbonyl (C=O) groups is 1. The summed E-state index contributed by atoms with van der Waals surface area (Å²) in [4.78, 5) is 23.6. The summed E-state index contributed by atoms with van der Waals surface area (Å²) in [6.07, 6.45) is 4.61. The standard InChI is InChI=1S/C15H13N5O.C2H6/c16-14-6-12-5-10(1-2-11(12)8-18-14)7-19-15(21)13-3-4-17-9-20-13;1-2/h1-6,8-9H,7H2,(H2,16,18)(H,19,21);1-2H3. The highest BCUT2D eigenvalue weighted by molar-refractivity contribution is 5.92. The highest BCUT2D eigenvalue weighted by atomic mass is 16.1. The fourth-order valence-electron chi connectivity index (χ4n) is 2.02. The predicted octanol–water partition coefficient (Wildman–Crippen LogP) is 2.56. The first kappa shape index (κ1) is 16.4. The van der Waals surface area contributed by atoms with Crippen molar-refractivity contribution >= 4 is 22.5 Å². The lowest BCUT2D eigenvalue weighted by Crippen LogP contribution is -2.23. The first-order chi connectivity index (χ1) is 11.2. The van der Waals surface area contributed by atoms with E-state index in [9.17, 15) is 4.79 Å². The Hall–Kier alpha value is -3.02. The van der Waals surface area contributed by atoms with E-state index in [4.69, 9.17) is 5.73 Å². The van der Waals surface area contributed by atoms with Gasteiger partial charge in [0.2, 0.25) is 0 Å². The maximum absolute atomic E-state index is 11.9. The Kier molecular flexibility index (Phi) is 5.57. The molecule has 0 saturated heterocycles. The van der Waals surface area contributed by atoms with E-state index >= 15 is 0 Å². The largest absolute Gasteiger partial charge is 0.384 e. The number of aromatic nitrogens is 3. The van der Waals surface area contributed by atoms with Crippen LogP contribution >= 0.6 is 0 Å². The molecule has 0 radical (unpaired) electrons. The van der Waals surface area contributed by atoms with Gasteiger partial charge in [0, 0.05) is 24.3 Å². The van der Waals surface area contributed by atoms with Crippen LogP contribution in [0.3, 0.4) is 0 Å². The van der Waals surface area contributed by atoms with Crippen molar-refractivity contribution in [1.82, 2.24) is 20.3 Å². The summed E-state index contributed by atoms with van der Waals surface area (Å²) < 4.78 is 0. The minimum atomic E-state index is -0.230. The lowest BCUT2D eigenvalue weighted by atomic mass is 10.1. The highest BCUT2D eigenvalue weighted by Gasteiger charge is 2.06. The normalized spacial score (nSPS) is 9.83. The van der Waals surface area contributed by atoms with Gasteiger partial charge in [-0.1, -0.05) is 26.0 Å². The number of hydrogen-bond donors (Lipinski definition) is 2. The molecule has 2 heterocycles. The zero-order chi connectivity index (χ0) is 16.7. The molecule has 0 unspecified atom stereocenters. The van der Waals surface area contributed by atoms with Gasteiger partial charge in [-0.2, -0.15) is 0 Å². The summed E-state index contributed by atoms with van der Waals surface area (Å²) >= 11 is 0. The molecule has 3 N–H and O–H groups in total. The minimum absolute atomic E-state index is 0.230. The van der Waals surface area contributed by atoms with Gasteiger partial charge in [-0.25, -0.2) is 15.0 Å². The molecule has 2 aromatic heterocycles. The molecule has 1 amide bonds. The first-order valence-electron chi connectivity index (χ1n) is 7.41. The summed E-state index contributed by atoms with van der Waals surface area (Å²) in [5, 5.41) is 4.82. The maximum Gasteiger partial charge on any atom is 0.270 e. The van der Waals surface area contributed by atoms with Gasteiger partial charge in [0.05, 0.1) is 0 Å². The van der Waals surface area contributed by atoms with Gasteiger partial charge in [0.15, 0.2) is 0 Å². The van der Waals surface area contributed by atoms with Crippen LogP contribution in [0.2, 0.25) is 0 Å². The molecule has 6 nitrogen and oxygen atoms in total. The van der Waals surface area contributed by atoms with Crippen LogP contribution in [0.5, 0.6) is 0 Å². The van der Waals surface area contributed by atoms with Crippen molar-refractivity contribution in [3.63, 3.8) is 0 Å². The van der Waals surface area contributed by atoms with Gasteiger partial charge >= 0.3 is 0 Å². The molecule has 0 atom stereocenters. The molecule has 0 aliphatic carbocycles. The zero-order valence-corrected chi connectivity index (χ0v) is 13.2. The van der Waals surface area contributed by atoms with Crippen LogP contribution < -0.4 is 11.1 Å². The number of anilines is 1. The summed E-state index contributed by atoms with van der Waals surface area (Å²) in [7, 11) is 0. The number of pyridine rings is 1. The summed E-state index contributed by atoms with van der Waals surface area (Å²) in [6, 6.07) is 9.26. The Bertz CT molecular complexity index is 789. The zero-order valence-electron chi connectivity index (χ0n) is 13.2. The van der Waals surface area contributed by atoms with E-state index in [1.165, 1.54) is 12.5 Å². The van der Waals surface area contributed by atoms with Crippen molar-refractivity contribution < 1.29 is 4.79 Å². The molecule has 23 heavy (non-hydrogen) atoms. The monoisotopic (exact) mass is 309 g/mol. The highest BCUT2D eigenvalue weighted by Crippen LogP contribution is 2.17. The van der Waals surface area contributed by atoms with Crippen molar-refractivity contribution in [1.29, 1.82) is 0 Å². The molecule has 0 spiro atoms. The molecule has 0 bridgehead atoms. The number of carbonyl (C=O) groups excluding carboxylic acids is 1. The molecule has 118 valence electrons. The van der Waals surface area contributed by atoms with Gasteiger partial charge in [-0.05, 0) is 29.1 Å². The number of nitrogen functional groups attached to an aromatic ring is 1. The van der Waals surface area contributed by atoms with E-state index in [2.05, 4.69) is 20.3 Å². The van der Waals surface area contributed by atoms with Crippen LogP contribution in [-0.4, -0.2) is 20.9 Å². The lowest BCUT2D eigenvalue weighted by Gasteiger charge is -2.06. The van der Waals surface area contributed by atoms with Crippen LogP contribution in [0.15, 0.2) is 49.1 Å². The van der Waals surface area contributed by atoms with Crippen LogP contribution in [0.4, 0.5) is 5.82 Å². The van der Waals surface area contributed by atoms with E-state index in [1.807, 2.05) is 38.1 Å². The molecular formula is C17H19N5O. The lowest BCUT2D eigenvalue weighted by molar-refractivity contribution is 0.0945. The summed E-state index contributed by atoms with van der Waals surface area (Å²) in [5.41, 5.74) is 7.01. The quantitative estimate of drug-likeness (QED) is 0.775. The Balaban J connectivity index is 0.000000924. The fourth-order valence-corrected chi connectivity index (χ4v) is 2.02. The third-order valence-corrected chi connectivity index (χ3v) is 3.07. The van der Waals surface area contributed by atoms with Crippen LogP contribution in [-0.2, 0) is 6.54 Å². The molecule has 0 aliphatic heterocycles. The van der Waals surface area contributed by atoms with E-state index < -0.39 is 0 Å². The van der Waals surface area contributed by atoms with Crippen LogP contribution in [0.25, 0.3) is 10.8 Å². The van der Waals surface area contributed by atoms with Crippen LogP contribution in [0, 0.1) is 0 Å². The van der Waals surface area contributed by atoms with E-state index in [-0.39, 0.29) is 5.91 Å². The second-order valence-electron chi connectivity index (χ2n) is 4.57. The van der Waals surface area contributed by atoms with Crippen molar-refractivity contribution in [2.24, 2.45) is 0 Å². The van der Waals surface area contributed by atoms with E-state index in [0.29, 0.717) is 18.1 Å². The van der Waals surface area contributed by atoms with Crippen molar-refractivity contribution in [3.05, 3.63) is 60.3 Å². The van der Waals surface area contributed by atoms with Crippen molar-refractivity contribution in [3.8, 4) is 0 Å². The fraction of sp³-hybridized carbons (Fsp3) is 0.176. The average Bonchev–Trinajstić information content (AvgIpc) is 2.61. The topological polar surface area (TPSA) is 93.8 Å². The van der Waals surface area contributed by atoms with Gasteiger partial charge < -0.3 is 11.1 Å². The Morgan fingerprint density at radius 3 is 2.70 bits per heavy atom.